The maximum absolute atomic E-state index is 12.0. The van der Waals surface area contributed by atoms with Crippen LogP contribution >= 0.6 is 0 Å². The van der Waals surface area contributed by atoms with Crippen molar-refractivity contribution in [3.63, 3.8) is 0 Å². The Balaban J connectivity index is 4.75. The molecule has 0 amide bonds. The fourth-order valence-electron chi connectivity index (χ4n) is 2.22. The van der Waals surface area contributed by atoms with Crippen molar-refractivity contribution in [1.82, 2.24) is 0 Å². The van der Waals surface area contributed by atoms with Crippen LogP contribution in [-0.2, 0) is 23.5 Å². The van der Waals surface area contributed by atoms with Gasteiger partial charge in [0, 0.05) is 6.42 Å². The molecule has 0 bridgehead atoms. The van der Waals surface area contributed by atoms with Gasteiger partial charge in [0.05, 0.1) is 25.9 Å². The highest BCUT2D eigenvalue weighted by Crippen LogP contribution is 2.38. The third-order valence-corrected chi connectivity index (χ3v) is 9.63. The summed E-state index contributed by atoms with van der Waals surface area (Å²) in [7, 11) is 0.696. The lowest BCUT2D eigenvalue weighted by Crippen LogP contribution is -2.45. The zero-order valence-electron chi connectivity index (χ0n) is 18.7. The highest BCUT2D eigenvalue weighted by atomic mass is 28.4. The number of methoxy groups -OCH3 is 2. The first-order valence-electron chi connectivity index (χ1n) is 9.71. The third kappa shape index (κ3) is 9.51. The standard InChI is InChI=1S/C22H38O5Si/c1-17(15-16-20(23)25-6)13-11-10-12-14-19(18(2)21(24)26-7)27-28(8,9)22(3,4)5/h11,13,19H,1-2,10,12,14-16H2,3-9H3/b13-11-. The second-order valence-corrected chi connectivity index (χ2v) is 13.2. The Hall–Kier alpha value is -1.66. The lowest BCUT2D eigenvalue weighted by Gasteiger charge is -2.39. The minimum absolute atomic E-state index is 0.0406. The van der Waals surface area contributed by atoms with E-state index in [2.05, 4.69) is 51.8 Å². The van der Waals surface area contributed by atoms with Crippen LogP contribution in [0.4, 0.5) is 0 Å². The second kappa shape index (κ2) is 12.0. The van der Waals surface area contributed by atoms with Crippen LogP contribution in [0.3, 0.4) is 0 Å². The first-order chi connectivity index (χ1) is 12.9. The number of hydrogen-bond acceptors (Lipinski definition) is 5. The highest BCUT2D eigenvalue weighted by Gasteiger charge is 2.40. The van der Waals surface area contributed by atoms with Gasteiger partial charge in [-0.05, 0) is 43.8 Å². The summed E-state index contributed by atoms with van der Waals surface area (Å²) < 4.78 is 15.9. The largest absolute Gasteiger partial charge is 0.469 e. The van der Waals surface area contributed by atoms with Crippen molar-refractivity contribution in [3.05, 3.63) is 36.5 Å². The quantitative estimate of drug-likeness (QED) is 0.143. The highest BCUT2D eigenvalue weighted by molar-refractivity contribution is 6.74. The molecule has 0 aliphatic rings. The van der Waals surface area contributed by atoms with Crippen molar-refractivity contribution in [2.24, 2.45) is 0 Å². The number of ether oxygens (including phenoxy) is 2. The third-order valence-electron chi connectivity index (χ3n) is 5.15. The maximum atomic E-state index is 12.0. The molecule has 0 saturated heterocycles. The van der Waals surface area contributed by atoms with Crippen LogP contribution in [0.25, 0.3) is 0 Å². The van der Waals surface area contributed by atoms with E-state index in [9.17, 15) is 9.59 Å². The van der Waals surface area contributed by atoms with E-state index in [1.54, 1.807) is 0 Å². The lowest BCUT2D eigenvalue weighted by atomic mass is 10.0. The molecular weight excluding hydrogens is 372 g/mol. The van der Waals surface area contributed by atoms with Crippen molar-refractivity contribution >= 4 is 20.3 Å². The summed E-state index contributed by atoms with van der Waals surface area (Å²) in [4.78, 5) is 23.1. The second-order valence-electron chi connectivity index (χ2n) is 8.45. The normalized spacial score (nSPS) is 13.2. The van der Waals surface area contributed by atoms with Crippen LogP contribution in [-0.4, -0.2) is 40.6 Å². The van der Waals surface area contributed by atoms with E-state index < -0.39 is 14.3 Å². The molecule has 0 aromatic heterocycles. The van der Waals surface area contributed by atoms with Crippen LogP contribution in [0.2, 0.25) is 18.1 Å². The van der Waals surface area contributed by atoms with Gasteiger partial charge in [0.2, 0.25) is 0 Å². The van der Waals surface area contributed by atoms with Gasteiger partial charge >= 0.3 is 11.9 Å². The number of esters is 2. The molecule has 6 heteroatoms. The molecule has 0 N–H and O–H groups in total. The Bertz CT molecular complexity index is 584. The Labute approximate surface area is 172 Å². The number of carbonyl (C=O) groups excluding carboxylic acids is 2. The van der Waals surface area contributed by atoms with Gasteiger partial charge in [-0.2, -0.15) is 0 Å². The zero-order chi connectivity index (χ0) is 22.0. The fourth-order valence-corrected chi connectivity index (χ4v) is 3.54. The van der Waals surface area contributed by atoms with Gasteiger partial charge < -0.3 is 13.9 Å². The van der Waals surface area contributed by atoms with Gasteiger partial charge in [-0.25, -0.2) is 4.79 Å². The number of rotatable bonds is 12. The molecular formula is C22H38O5Si. The molecule has 0 spiro atoms. The topological polar surface area (TPSA) is 61.8 Å². The average molecular weight is 411 g/mol. The molecule has 0 aliphatic carbocycles. The zero-order valence-corrected chi connectivity index (χ0v) is 19.7. The Morgan fingerprint density at radius 3 is 2.18 bits per heavy atom. The molecule has 0 radical (unpaired) electrons. The molecule has 1 unspecified atom stereocenters. The van der Waals surface area contributed by atoms with Gasteiger partial charge in [-0.1, -0.05) is 51.7 Å². The molecule has 0 fully saturated rings. The molecule has 0 aliphatic heterocycles. The Morgan fingerprint density at radius 1 is 1.07 bits per heavy atom. The molecule has 160 valence electrons. The van der Waals surface area contributed by atoms with Gasteiger partial charge in [0.15, 0.2) is 8.32 Å². The summed E-state index contributed by atoms with van der Waals surface area (Å²) in [6.07, 6.45) is 6.90. The number of unbranched alkanes of at least 4 members (excludes halogenated alkanes) is 1. The van der Waals surface area contributed by atoms with E-state index >= 15 is 0 Å². The average Bonchev–Trinajstić information content (AvgIpc) is 2.62. The first-order valence-corrected chi connectivity index (χ1v) is 12.6. The van der Waals surface area contributed by atoms with Gasteiger partial charge in [-0.15, -0.1) is 0 Å². The summed E-state index contributed by atoms with van der Waals surface area (Å²) >= 11 is 0. The summed E-state index contributed by atoms with van der Waals surface area (Å²) in [5.74, 6) is -0.656. The number of allylic oxidation sites excluding steroid dienone is 3. The van der Waals surface area contributed by atoms with Crippen molar-refractivity contribution in [2.75, 3.05) is 14.2 Å². The van der Waals surface area contributed by atoms with Crippen molar-refractivity contribution in [3.8, 4) is 0 Å². The summed E-state index contributed by atoms with van der Waals surface area (Å²) in [5, 5.41) is 0.0406. The molecule has 28 heavy (non-hydrogen) atoms. The predicted octanol–water partition coefficient (Wildman–Crippen LogP) is 5.34. The van der Waals surface area contributed by atoms with Gasteiger partial charge in [-0.3, -0.25) is 4.79 Å². The van der Waals surface area contributed by atoms with Gasteiger partial charge in [0.25, 0.3) is 0 Å². The first kappa shape index (κ1) is 26.3. The van der Waals surface area contributed by atoms with E-state index in [0.29, 0.717) is 24.8 Å². The summed E-state index contributed by atoms with van der Waals surface area (Å²) in [6, 6.07) is 0. The van der Waals surface area contributed by atoms with Crippen LogP contribution in [0, 0.1) is 0 Å². The fraction of sp³-hybridized carbons (Fsp3) is 0.636. The minimum atomic E-state index is -2.05. The SMILES string of the molecule is C=C(/C=C\CCCC(O[Si](C)(C)C(C)(C)C)C(=C)C(=O)OC)CCC(=O)OC. The van der Waals surface area contributed by atoms with E-state index in [4.69, 9.17) is 9.16 Å². The molecule has 5 nitrogen and oxygen atoms in total. The summed E-state index contributed by atoms with van der Waals surface area (Å²) in [5.41, 5.74) is 1.26. The summed E-state index contributed by atoms with van der Waals surface area (Å²) in [6.45, 7) is 18.7. The Morgan fingerprint density at radius 2 is 1.68 bits per heavy atom. The molecule has 0 heterocycles. The van der Waals surface area contributed by atoms with E-state index in [1.807, 2.05) is 12.2 Å². The number of hydrogen-bond donors (Lipinski definition) is 0. The maximum Gasteiger partial charge on any atom is 0.335 e. The molecule has 0 aromatic carbocycles. The minimum Gasteiger partial charge on any atom is -0.469 e. The molecule has 0 rings (SSSR count). The molecule has 0 saturated carbocycles. The van der Waals surface area contributed by atoms with E-state index in [-0.39, 0.29) is 17.1 Å². The van der Waals surface area contributed by atoms with Crippen molar-refractivity contribution in [1.29, 1.82) is 0 Å². The van der Waals surface area contributed by atoms with E-state index in [1.165, 1.54) is 14.2 Å². The Kier molecular flexibility index (Phi) is 11.3. The van der Waals surface area contributed by atoms with Crippen molar-refractivity contribution in [2.45, 2.75) is 77.1 Å². The smallest absolute Gasteiger partial charge is 0.335 e. The van der Waals surface area contributed by atoms with Gasteiger partial charge in [0.1, 0.15) is 0 Å². The van der Waals surface area contributed by atoms with Crippen LogP contribution < -0.4 is 0 Å². The van der Waals surface area contributed by atoms with Crippen LogP contribution in [0.5, 0.6) is 0 Å². The van der Waals surface area contributed by atoms with Crippen LogP contribution in [0.1, 0.15) is 52.9 Å². The predicted molar refractivity (Wildman–Crippen MR) is 117 cm³/mol. The lowest BCUT2D eigenvalue weighted by molar-refractivity contribution is -0.140. The number of carbonyl (C=O) groups is 2. The van der Waals surface area contributed by atoms with Crippen molar-refractivity contribution < 1.29 is 23.5 Å². The van der Waals surface area contributed by atoms with Crippen LogP contribution in [0.15, 0.2) is 36.5 Å². The monoisotopic (exact) mass is 410 g/mol. The molecule has 1 atom stereocenters. The van der Waals surface area contributed by atoms with E-state index in [0.717, 1.165) is 18.4 Å². The molecule has 0 aromatic rings.